The predicted octanol–water partition coefficient (Wildman–Crippen LogP) is 0.678. The Morgan fingerprint density at radius 3 is 2.50 bits per heavy atom. The third kappa shape index (κ3) is 3.65. The maximum atomic E-state index is 9.81. The van der Waals surface area contributed by atoms with Crippen LogP contribution in [0.15, 0.2) is 12.3 Å². The molecule has 0 amide bonds. The van der Waals surface area contributed by atoms with Crippen molar-refractivity contribution in [3.8, 4) is 0 Å². The highest BCUT2D eigenvalue weighted by molar-refractivity contribution is 5.37. The van der Waals surface area contributed by atoms with E-state index in [1.54, 1.807) is 6.20 Å². The SMILES string of the molecule is Cc1nccc(N2CCN(CC(C)(C)O)CC2)n1. The number of aryl methyl sites for hydroxylation is 1. The van der Waals surface area contributed by atoms with Gasteiger partial charge in [-0.05, 0) is 26.8 Å². The summed E-state index contributed by atoms with van der Waals surface area (Å²) in [5, 5.41) is 9.81. The molecule has 18 heavy (non-hydrogen) atoms. The van der Waals surface area contributed by atoms with E-state index in [4.69, 9.17) is 0 Å². The first kappa shape index (κ1) is 13.2. The Balaban J connectivity index is 1.91. The standard InChI is InChI=1S/C13H22N4O/c1-11-14-5-4-12(15-11)17-8-6-16(7-9-17)10-13(2,3)18/h4-5,18H,6-10H2,1-3H3. The van der Waals surface area contributed by atoms with Crippen LogP contribution in [0.1, 0.15) is 19.7 Å². The molecule has 1 N–H and O–H groups in total. The summed E-state index contributed by atoms with van der Waals surface area (Å²) in [5.41, 5.74) is -0.617. The second kappa shape index (κ2) is 5.20. The fourth-order valence-corrected chi connectivity index (χ4v) is 2.30. The molecule has 1 aliphatic heterocycles. The molecule has 0 aromatic carbocycles. The second-order valence-electron chi connectivity index (χ2n) is 5.54. The average molecular weight is 250 g/mol. The highest BCUT2D eigenvalue weighted by Gasteiger charge is 2.23. The minimum atomic E-state index is -0.617. The van der Waals surface area contributed by atoms with Gasteiger partial charge in [0.2, 0.25) is 0 Å². The average Bonchev–Trinajstić information content (AvgIpc) is 2.28. The van der Waals surface area contributed by atoms with Crippen LogP contribution in [0.5, 0.6) is 0 Å². The summed E-state index contributed by atoms with van der Waals surface area (Å²) in [6, 6.07) is 1.96. The van der Waals surface area contributed by atoms with Gasteiger partial charge in [-0.3, -0.25) is 4.90 Å². The highest BCUT2D eigenvalue weighted by atomic mass is 16.3. The molecule has 1 fully saturated rings. The lowest BCUT2D eigenvalue weighted by atomic mass is 10.1. The minimum absolute atomic E-state index is 0.617. The zero-order valence-corrected chi connectivity index (χ0v) is 11.4. The summed E-state index contributed by atoms with van der Waals surface area (Å²) in [6.07, 6.45) is 1.81. The molecule has 2 rings (SSSR count). The molecule has 0 unspecified atom stereocenters. The smallest absolute Gasteiger partial charge is 0.132 e. The molecule has 1 saturated heterocycles. The number of β-amino-alcohol motifs (C(OH)–C–C–N with tert-alkyl or cyclic N) is 1. The zero-order valence-electron chi connectivity index (χ0n) is 11.4. The lowest BCUT2D eigenvalue weighted by Gasteiger charge is -2.37. The van der Waals surface area contributed by atoms with E-state index < -0.39 is 5.60 Å². The molecule has 100 valence electrons. The van der Waals surface area contributed by atoms with E-state index in [1.165, 1.54) is 0 Å². The normalized spacial score (nSPS) is 18.1. The van der Waals surface area contributed by atoms with Gasteiger partial charge in [-0.15, -0.1) is 0 Å². The van der Waals surface area contributed by atoms with Crippen LogP contribution in [-0.4, -0.2) is 58.3 Å². The predicted molar refractivity (Wildman–Crippen MR) is 71.7 cm³/mol. The zero-order chi connectivity index (χ0) is 13.2. The van der Waals surface area contributed by atoms with E-state index >= 15 is 0 Å². The van der Waals surface area contributed by atoms with Gasteiger partial charge < -0.3 is 10.0 Å². The van der Waals surface area contributed by atoms with Crippen molar-refractivity contribution in [2.75, 3.05) is 37.6 Å². The number of piperazine rings is 1. The van der Waals surface area contributed by atoms with Gasteiger partial charge in [0, 0.05) is 38.9 Å². The number of hydrogen-bond donors (Lipinski definition) is 1. The molecule has 2 heterocycles. The molecule has 0 atom stereocenters. The molecule has 1 aromatic rings. The van der Waals surface area contributed by atoms with Gasteiger partial charge in [0.25, 0.3) is 0 Å². The molecule has 1 aliphatic rings. The van der Waals surface area contributed by atoms with Crippen molar-refractivity contribution in [1.29, 1.82) is 0 Å². The first-order valence-corrected chi connectivity index (χ1v) is 6.43. The van der Waals surface area contributed by atoms with Crippen molar-refractivity contribution in [1.82, 2.24) is 14.9 Å². The van der Waals surface area contributed by atoms with Crippen LogP contribution in [0.2, 0.25) is 0 Å². The molecule has 5 heteroatoms. The van der Waals surface area contributed by atoms with E-state index in [0.717, 1.165) is 44.4 Å². The number of hydrogen-bond acceptors (Lipinski definition) is 5. The number of anilines is 1. The minimum Gasteiger partial charge on any atom is -0.389 e. The topological polar surface area (TPSA) is 52.5 Å². The number of rotatable bonds is 3. The van der Waals surface area contributed by atoms with Crippen LogP contribution in [0.3, 0.4) is 0 Å². The van der Waals surface area contributed by atoms with Crippen LogP contribution in [0.4, 0.5) is 5.82 Å². The van der Waals surface area contributed by atoms with Crippen molar-refractivity contribution in [3.63, 3.8) is 0 Å². The molecular formula is C13H22N4O. The lowest BCUT2D eigenvalue weighted by molar-refractivity contribution is 0.0344. The Labute approximate surface area is 108 Å². The van der Waals surface area contributed by atoms with E-state index in [9.17, 15) is 5.11 Å². The number of nitrogens with zero attached hydrogens (tertiary/aromatic N) is 4. The summed E-state index contributed by atoms with van der Waals surface area (Å²) >= 11 is 0. The molecule has 1 aromatic heterocycles. The van der Waals surface area contributed by atoms with Crippen LogP contribution < -0.4 is 4.90 Å². The molecule has 0 saturated carbocycles. The van der Waals surface area contributed by atoms with Crippen molar-refractivity contribution < 1.29 is 5.11 Å². The van der Waals surface area contributed by atoms with Gasteiger partial charge in [-0.25, -0.2) is 9.97 Å². The van der Waals surface area contributed by atoms with Gasteiger partial charge in [0.1, 0.15) is 11.6 Å². The summed E-state index contributed by atoms with van der Waals surface area (Å²) in [4.78, 5) is 13.1. The fraction of sp³-hybridized carbons (Fsp3) is 0.692. The Hall–Kier alpha value is -1.20. The third-order valence-electron chi connectivity index (χ3n) is 3.07. The number of aromatic nitrogens is 2. The van der Waals surface area contributed by atoms with Gasteiger partial charge in [-0.1, -0.05) is 0 Å². The highest BCUT2D eigenvalue weighted by Crippen LogP contribution is 2.14. The molecular weight excluding hydrogens is 228 g/mol. The molecule has 0 bridgehead atoms. The van der Waals surface area contributed by atoms with E-state index in [2.05, 4.69) is 19.8 Å². The third-order valence-corrected chi connectivity index (χ3v) is 3.07. The molecule has 0 radical (unpaired) electrons. The van der Waals surface area contributed by atoms with E-state index in [-0.39, 0.29) is 0 Å². The van der Waals surface area contributed by atoms with Gasteiger partial charge in [0.15, 0.2) is 0 Å². The Morgan fingerprint density at radius 1 is 1.28 bits per heavy atom. The molecule has 0 aliphatic carbocycles. The first-order valence-electron chi connectivity index (χ1n) is 6.43. The van der Waals surface area contributed by atoms with Gasteiger partial charge >= 0.3 is 0 Å². The van der Waals surface area contributed by atoms with Crippen molar-refractivity contribution >= 4 is 5.82 Å². The summed E-state index contributed by atoms with van der Waals surface area (Å²) in [6.45, 7) is 10.2. The van der Waals surface area contributed by atoms with Crippen LogP contribution in [0, 0.1) is 6.92 Å². The quantitative estimate of drug-likeness (QED) is 0.855. The van der Waals surface area contributed by atoms with E-state index in [1.807, 2.05) is 26.8 Å². The summed E-state index contributed by atoms with van der Waals surface area (Å²) in [7, 11) is 0. The second-order valence-corrected chi connectivity index (χ2v) is 5.54. The molecule has 0 spiro atoms. The monoisotopic (exact) mass is 250 g/mol. The van der Waals surface area contributed by atoms with Gasteiger partial charge in [0.05, 0.1) is 5.60 Å². The Morgan fingerprint density at radius 2 is 1.94 bits per heavy atom. The lowest BCUT2D eigenvalue weighted by Crippen LogP contribution is -2.50. The van der Waals surface area contributed by atoms with Crippen molar-refractivity contribution in [2.24, 2.45) is 0 Å². The maximum absolute atomic E-state index is 9.81. The fourth-order valence-electron chi connectivity index (χ4n) is 2.30. The largest absolute Gasteiger partial charge is 0.389 e. The maximum Gasteiger partial charge on any atom is 0.132 e. The molecule has 5 nitrogen and oxygen atoms in total. The van der Waals surface area contributed by atoms with Gasteiger partial charge in [-0.2, -0.15) is 0 Å². The van der Waals surface area contributed by atoms with Crippen LogP contribution >= 0.6 is 0 Å². The summed E-state index contributed by atoms with van der Waals surface area (Å²) < 4.78 is 0. The number of aliphatic hydroxyl groups is 1. The van der Waals surface area contributed by atoms with Crippen molar-refractivity contribution in [3.05, 3.63) is 18.1 Å². The van der Waals surface area contributed by atoms with Crippen LogP contribution in [-0.2, 0) is 0 Å². The Kier molecular flexibility index (Phi) is 3.82. The van der Waals surface area contributed by atoms with Crippen molar-refractivity contribution in [2.45, 2.75) is 26.4 Å². The Bertz CT molecular complexity index is 394. The van der Waals surface area contributed by atoms with E-state index in [0.29, 0.717) is 0 Å². The summed E-state index contributed by atoms with van der Waals surface area (Å²) in [5.74, 6) is 1.82. The van der Waals surface area contributed by atoms with Crippen LogP contribution in [0.25, 0.3) is 0 Å². The first-order chi connectivity index (χ1) is 8.44.